The molecule has 1 aliphatic carbocycles. The third-order valence-corrected chi connectivity index (χ3v) is 9.02. The molecule has 2 fully saturated rings. The van der Waals surface area contributed by atoms with Crippen molar-refractivity contribution in [3.63, 3.8) is 0 Å². The van der Waals surface area contributed by atoms with Gasteiger partial charge >= 0.3 is 18.2 Å². The summed E-state index contributed by atoms with van der Waals surface area (Å²) in [5.74, 6) is -2.30. The maximum Gasteiger partial charge on any atom is 0.410 e. The van der Waals surface area contributed by atoms with Crippen molar-refractivity contribution in [2.45, 2.75) is 115 Å². The third kappa shape index (κ3) is 7.87. The van der Waals surface area contributed by atoms with Gasteiger partial charge in [0.2, 0.25) is 11.8 Å². The normalized spacial score (nSPS) is 28.4. The molecule has 1 aromatic carbocycles. The maximum atomic E-state index is 14.3. The Balaban J connectivity index is 1.38. The Morgan fingerprint density at radius 2 is 1.91 bits per heavy atom. The van der Waals surface area contributed by atoms with Crippen molar-refractivity contribution in [3.8, 4) is 0 Å². The van der Waals surface area contributed by atoms with Gasteiger partial charge in [0.1, 0.15) is 35.1 Å². The summed E-state index contributed by atoms with van der Waals surface area (Å²) < 4.78 is 30.9. The van der Waals surface area contributed by atoms with Crippen molar-refractivity contribution in [1.29, 1.82) is 0 Å². The summed E-state index contributed by atoms with van der Waals surface area (Å²) in [6.07, 6.45) is 5.27. The molecular weight excluding hydrogens is 611 g/mol. The largest absolute Gasteiger partial charge is 0.464 e. The van der Waals surface area contributed by atoms with E-state index < -0.39 is 65.1 Å². The minimum absolute atomic E-state index is 0.0307. The van der Waals surface area contributed by atoms with Crippen LogP contribution < -0.4 is 10.6 Å². The number of amides is 4. The van der Waals surface area contributed by atoms with Crippen LogP contribution in [-0.2, 0) is 41.7 Å². The lowest BCUT2D eigenvalue weighted by Gasteiger charge is -2.30. The van der Waals surface area contributed by atoms with Crippen LogP contribution in [0.2, 0.25) is 0 Å². The van der Waals surface area contributed by atoms with Gasteiger partial charge in [-0.05, 0) is 65.0 Å². The molecule has 12 nitrogen and oxygen atoms in total. The minimum atomic E-state index is -1.26. The molecule has 5 atom stereocenters. The fourth-order valence-electron chi connectivity index (χ4n) is 6.57. The van der Waals surface area contributed by atoms with Crippen molar-refractivity contribution in [3.05, 3.63) is 47.3 Å². The van der Waals surface area contributed by atoms with Crippen molar-refractivity contribution in [2.75, 3.05) is 13.2 Å². The highest BCUT2D eigenvalue weighted by molar-refractivity contribution is 5.96. The van der Waals surface area contributed by atoms with Crippen LogP contribution in [-0.4, -0.2) is 82.2 Å². The summed E-state index contributed by atoms with van der Waals surface area (Å²) in [6, 6.07) is 2.57. The molecule has 47 heavy (non-hydrogen) atoms. The monoisotopic (exact) mass is 656 g/mol. The quantitative estimate of drug-likeness (QED) is 0.280. The number of carbonyl (C=O) groups excluding carboxylic acids is 5. The highest BCUT2D eigenvalue weighted by Crippen LogP contribution is 2.46. The molecule has 0 spiro atoms. The number of nitrogens with zero attached hydrogens (tertiary/aromatic N) is 2. The summed E-state index contributed by atoms with van der Waals surface area (Å²) >= 11 is 0. The first-order valence-electron chi connectivity index (χ1n) is 16.5. The molecule has 1 saturated carbocycles. The third-order valence-electron chi connectivity index (χ3n) is 9.02. The average Bonchev–Trinajstić information content (AvgIpc) is 3.31. The van der Waals surface area contributed by atoms with E-state index in [9.17, 15) is 28.4 Å². The van der Waals surface area contributed by atoms with Crippen molar-refractivity contribution >= 4 is 30.0 Å². The second-order valence-corrected chi connectivity index (χ2v) is 13.7. The summed E-state index contributed by atoms with van der Waals surface area (Å²) in [5.41, 5.74) is -0.947. The molecule has 1 unspecified atom stereocenters. The number of hydrogen-bond donors (Lipinski definition) is 2. The molecule has 2 N–H and O–H groups in total. The summed E-state index contributed by atoms with van der Waals surface area (Å²) in [5, 5.41) is 5.58. The number of esters is 1. The number of alkyl carbamates (subject to hydrolysis) is 1. The van der Waals surface area contributed by atoms with Crippen molar-refractivity contribution in [2.24, 2.45) is 5.92 Å². The van der Waals surface area contributed by atoms with E-state index in [0.717, 1.165) is 19.3 Å². The van der Waals surface area contributed by atoms with Gasteiger partial charge < -0.3 is 29.7 Å². The Morgan fingerprint density at radius 1 is 1.13 bits per heavy atom. The smallest absolute Gasteiger partial charge is 0.410 e. The van der Waals surface area contributed by atoms with E-state index >= 15 is 0 Å². The van der Waals surface area contributed by atoms with Crippen LogP contribution in [0.4, 0.5) is 14.0 Å². The SMILES string of the molecule is CCOC(=O)[C@@]12C[C@H]1/C=C/CCCCC[C@H](NC(=O)OC(C)(C)C)C(=O)N1CC(OC(=O)N3Cc4cccc(F)c4C3)C[C@H]1C(=O)N2. The lowest BCUT2D eigenvalue weighted by molar-refractivity contribution is -0.150. The van der Waals surface area contributed by atoms with E-state index in [1.807, 2.05) is 12.2 Å². The number of ether oxygens (including phenoxy) is 3. The molecule has 3 heterocycles. The fourth-order valence-corrected chi connectivity index (χ4v) is 6.57. The number of carbonyl (C=O) groups is 5. The van der Waals surface area contributed by atoms with Crippen LogP contribution in [0.1, 0.15) is 83.8 Å². The first kappa shape index (κ1) is 34.2. The topological polar surface area (TPSA) is 144 Å². The van der Waals surface area contributed by atoms with Crippen LogP contribution >= 0.6 is 0 Å². The zero-order valence-corrected chi connectivity index (χ0v) is 27.5. The highest BCUT2D eigenvalue weighted by atomic mass is 19.1. The lowest BCUT2D eigenvalue weighted by atomic mass is 10.0. The minimum Gasteiger partial charge on any atom is -0.464 e. The number of benzene rings is 1. The van der Waals surface area contributed by atoms with Gasteiger partial charge in [0.15, 0.2) is 0 Å². The highest BCUT2D eigenvalue weighted by Gasteiger charge is 2.62. The number of rotatable bonds is 4. The molecule has 5 rings (SSSR count). The Labute approximate surface area is 274 Å². The molecule has 0 bridgehead atoms. The molecule has 1 aromatic rings. The van der Waals surface area contributed by atoms with E-state index in [0.29, 0.717) is 30.4 Å². The lowest BCUT2D eigenvalue weighted by Crippen LogP contribution is -2.56. The molecule has 3 aliphatic heterocycles. The van der Waals surface area contributed by atoms with Gasteiger partial charge in [-0.3, -0.25) is 14.5 Å². The van der Waals surface area contributed by atoms with Gasteiger partial charge in [-0.25, -0.2) is 18.8 Å². The fraction of sp³-hybridized carbons (Fsp3) is 0.618. The maximum absolute atomic E-state index is 14.3. The van der Waals surface area contributed by atoms with Gasteiger partial charge in [0, 0.05) is 24.4 Å². The molecule has 0 radical (unpaired) electrons. The van der Waals surface area contributed by atoms with Gasteiger partial charge in [0.05, 0.1) is 19.7 Å². The summed E-state index contributed by atoms with van der Waals surface area (Å²) in [6.45, 7) is 7.09. The predicted molar refractivity (Wildman–Crippen MR) is 167 cm³/mol. The number of nitrogens with one attached hydrogen (secondary N) is 2. The molecule has 0 aromatic heterocycles. The molecule has 4 amide bonds. The van der Waals surface area contributed by atoms with Crippen molar-refractivity contribution < 1.29 is 42.6 Å². The predicted octanol–water partition coefficient (Wildman–Crippen LogP) is 4.10. The number of hydrogen-bond acceptors (Lipinski definition) is 8. The molecule has 256 valence electrons. The van der Waals surface area contributed by atoms with E-state index in [1.54, 1.807) is 39.8 Å². The zero-order chi connectivity index (χ0) is 33.9. The molecule has 4 aliphatic rings. The van der Waals surface area contributed by atoms with Gasteiger partial charge in [-0.2, -0.15) is 0 Å². The van der Waals surface area contributed by atoms with E-state index in [4.69, 9.17) is 14.2 Å². The van der Waals surface area contributed by atoms with E-state index in [1.165, 1.54) is 15.9 Å². The van der Waals surface area contributed by atoms with Gasteiger partial charge in [0.25, 0.3) is 0 Å². The second-order valence-electron chi connectivity index (χ2n) is 13.7. The Bertz CT molecular complexity index is 1430. The summed E-state index contributed by atoms with van der Waals surface area (Å²) in [4.78, 5) is 70.0. The van der Waals surface area contributed by atoms with Crippen LogP contribution in [0.15, 0.2) is 30.4 Å². The van der Waals surface area contributed by atoms with Gasteiger partial charge in [-0.1, -0.05) is 37.1 Å². The van der Waals surface area contributed by atoms with E-state index in [2.05, 4.69) is 10.6 Å². The molecule has 1 saturated heterocycles. The Kier molecular flexibility index (Phi) is 10.1. The van der Waals surface area contributed by atoms with Crippen LogP contribution in [0, 0.1) is 11.7 Å². The van der Waals surface area contributed by atoms with Crippen LogP contribution in [0.25, 0.3) is 0 Å². The first-order chi connectivity index (χ1) is 22.3. The summed E-state index contributed by atoms with van der Waals surface area (Å²) in [7, 11) is 0. The molecule has 13 heteroatoms. The van der Waals surface area contributed by atoms with Crippen molar-refractivity contribution in [1.82, 2.24) is 20.4 Å². The Morgan fingerprint density at radius 3 is 2.64 bits per heavy atom. The second kappa shape index (κ2) is 13.9. The first-order valence-corrected chi connectivity index (χ1v) is 16.5. The number of allylic oxidation sites excluding steroid dienone is 1. The van der Waals surface area contributed by atoms with Gasteiger partial charge in [-0.15, -0.1) is 0 Å². The molecular formula is C34H45FN4O8. The number of halogens is 1. The standard InChI is InChI=1S/C34H45FN4O8/c1-5-45-30(42)34-17-22(34)13-9-7-6-8-10-15-26(36-31(43)47-33(2,3)4)29(41)39-19-23(16-27(39)28(40)37-34)46-32(44)38-18-21-12-11-14-25(35)24(21)20-38/h9,11-14,22-23,26-27H,5-8,10,15-20H2,1-4H3,(H,36,43)(H,37,40)/b13-9+/t22-,23?,26+,27+,34-/m1/s1. The van der Waals surface area contributed by atoms with Crippen LogP contribution in [0.5, 0.6) is 0 Å². The van der Waals surface area contributed by atoms with Crippen LogP contribution in [0.3, 0.4) is 0 Å². The zero-order valence-electron chi connectivity index (χ0n) is 27.5. The Hall–Kier alpha value is -4.16. The van der Waals surface area contributed by atoms with E-state index in [-0.39, 0.29) is 38.6 Å². The number of fused-ring (bicyclic) bond motifs is 3. The average molecular weight is 657 g/mol.